The van der Waals surface area contributed by atoms with Gasteiger partial charge >= 0.3 is 0 Å². The average molecular weight is 263 g/mol. The Morgan fingerprint density at radius 3 is 2.70 bits per heavy atom. The van der Waals surface area contributed by atoms with Crippen LogP contribution in [0.1, 0.15) is 0 Å². The fourth-order valence-electron chi connectivity index (χ4n) is 2.18. The van der Waals surface area contributed by atoms with Crippen LogP contribution < -0.4 is 5.73 Å². The number of nitrogens with two attached hydrogens (primary N) is 1. The molecule has 0 unspecified atom stereocenters. The van der Waals surface area contributed by atoms with E-state index in [1.807, 2.05) is 24.3 Å². The zero-order chi connectivity index (χ0) is 13.5. The summed E-state index contributed by atoms with van der Waals surface area (Å²) in [5, 5.41) is 5.92. The Balaban J connectivity index is 2.09. The number of benzene rings is 1. The molecule has 4 rings (SSSR count). The van der Waals surface area contributed by atoms with Crippen LogP contribution in [-0.2, 0) is 0 Å². The van der Waals surface area contributed by atoms with Crippen LogP contribution in [0, 0.1) is 0 Å². The van der Waals surface area contributed by atoms with E-state index < -0.39 is 0 Å². The number of hydrogen-bond acceptors (Lipinski definition) is 6. The molecule has 0 aliphatic heterocycles. The molecule has 3 heterocycles. The van der Waals surface area contributed by atoms with E-state index in [1.54, 1.807) is 10.9 Å². The first kappa shape index (κ1) is 10.8. The lowest BCUT2D eigenvalue weighted by molar-refractivity contribution is 0.865. The number of anilines is 1. The number of nitrogens with zero attached hydrogens (tertiary/aromatic N) is 6. The van der Waals surface area contributed by atoms with Crippen molar-refractivity contribution in [2.75, 3.05) is 5.73 Å². The minimum atomic E-state index is 0.402. The Bertz CT molecular complexity index is 923. The zero-order valence-corrected chi connectivity index (χ0v) is 10.3. The highest BCUT2D eigenvalue weighted by Gasteiger charge is 2.12. The third-order valence-corrected chi connectivity index (χ3v) is 3.12. The molecule has 4 aromatic rings. The van der Waals surface area contributed by atoms with Crippen molar-refractivity contribution in [1.82, 2.24) is 29.7 Å². The van der Waals surface area contributed by atoms with Crippen LogP contribution in [0.4, 0.5) is 5.82 Å². The van der Waals surface area contributed by atoms with Crippen LogP contribution in [0.5, 0.6) is 0 Å². The van der Waals surface area contributed by atoms with Crippen molar-refractivity contribution < 1.29 is 0 Å². The van der Waals surface area contributed by atoms with E-state index in [-0.39, 0.29) is 0 Å². The second-order valence-electron chi connectivity index (χ2n) is 4.27. The number of fused-ring (bicyclic) bond motifs is 2. The lowest BCUT2D eigenvalue weighted by Crippen LogP contribution is -2.03. The number of hydrogen-bond donors (Lipinski definition) is 1. The van der Waals surface area contributed by atoms with Gasteiger partial charge in [0.1, 0.15) is 18.5 Å². The molecule has 0 aliphatic rings. The predicted molar refractivity (Wildman–Crippen MR) is 74.2 cm³/mol. The van der Waals surface area contributed by atoms with Crippen molar-refractivity contribution in [3.05, 3.63) is 43.1 Å². The lowest BCUT2D eigenvalue weighted by atomic mass is 10.2. The smallest absolute Gasteiger partial charge is 0.170 e. The molecule has 96 valence electrons. The summed E-state index contributed by atoms with van der Waals surface area (Å²) in [4.78, 5) is 16.7. The maximum absolute atomic E-state index is 5.82. The van der Waals surface area contributed by atoms with E-state index in [4.69, 9.17) is 5.73 Å². The molecule has 0 atom stereocenters. The van der Waals surface area contributed by atoms with Crippen molar-refractivity contribution in [1.29, 1.82) is 0 Å². The van der Waals surface area contributed by atoms with Gasteiger partial charge in [0.2, 0.25) is 0 Å². The summed E-state index contributed by atoms with van der Waals surface area (Å²) in [6, 6.07) is 7.74. The molecule has 2 N–H and O–H groups in total. The molecule has 0 bridgehead atoms. The second kappa shape index (κ2) is 3.95. The maximum atomic E-state index is 5.82. The molecule has 7 nitrogen and oxygen atoms in total. The molecule has 0 saturated heterocycles. The monoisotopic (exact) mass is 263 g/mol. The fourth-order valence-corrected chi connectivity index (χ4v) is 2.18. The molecule has 0 amide bonds. The van der Waals surface area contributed by atoms with Gasteiger partial charge in [0.15, 0.2) is 11.5 Å². The summed E-state index contributed by atoms with van der Waals surface area (Å²) in [6.45, 7) is 0. The third kappa shape index (κ3) is 1.43. The first-order valence-corrected chi connectivity index (χ1v) is 5.99. The van der Waals surface area contributed by atoms with Gasteiger partial charge < -0.3 is 5.73 Å². The van der Waals surface area contributed by atoms with Crippen molar-refractivity contribution in [2.24, 2.45) is 0 Å². The van der Waals surface area contributed by atoms with E-state index in [9.17, 15) is 0 Å². The van der Waals surface area contributed by atoms with Gasteiger partial charge in [0, 0.05) is 5.39 Å². The minimum Gasteiger partial charge on any atom is -0.383 e. The van der Waals surface area contributed by atoms with Gasteiger partial charge in [-0.15, -0.1) is 0 Å². The lowest BCUT2D eigenvalue weighted by Gasteiger charge is -2.05. The van der Waals surface area contributed by atoms with Gasteiger partial charge in [0.05, 0.1) is 17.1 Å². The molecule has 0 aliphatic carbocycles. The molecule has 0 radical (unpaired) electrons. The van der Waals surface area contributed by atoms with E-state index in [1.165, 1.54) is 12.7 Å². The third-order valence-electron chi connectivity index (χ3n) is 3.12. The zero-order valence-electron chi connectivity index (χ0n) is 10.3. The van der Waals surface area contributed by atoms with Crippen molar-refractivity contribution in [2.45, 2.75) is 0 Å². The molecule has 7 heteroatoms. The van der Waals surface area contributed by atoms with Crippen molar-refractivity contribution in [3.8, 4) is 5.82 Å². The highest BCUT2D eigenvalue weighted by Crippen LogP contribution is 2.22. The topological polar surface area (TPSA) is 95.4 Å². The van der Waals surface area contributed by atoms with Gasteiger partial charge in [-0.3, -0.25) is 0 Å². The second-order valence-corrected chi connectivity index (χ2v) is 4.27. The quantitative estimate of drug-likeness (QED) is 0.556. The van der Waals surface area contributed by atoms with Gasteiger partial charge in [-0.05, 0) is 12.1 Å². The minimum absolute atomic E-state index is 0.402. The maximum Gasteiger partial charge on any atom is 0.170 e. The first-order chi connectivity index (χ1) is 9.84. The first-order valence-electron chi connectivity index (χ1n) is 5.99. The van der Waals surface area contributed by atoms with E-state index in [0.717, 1.165) is 10.9 Å². The van der Waals surface area contributed by atoms with Crippen LogP contribution in [-0.4, -0.2) is 29.7 Å². The molecule has 0 fully saturated rings. The molecule has 20 heavy (non-hydrogen) atoms. The van der Waals surface area contributed by atoms with Crippen LogP contribution >= 0.6 is 0 Å². The molecule has 1 aromatic carbocycles. The van der Waals surface area contributed by atoms with Gasteiger partial charge in [-0.1, -0.05) is 12.1 Å². The number of aromatic nitrogens is 6. The summed E-state index contributed by atoms with van der Waals surface area (Å²) in [5.74, 6) is 1.07. The van der Waals surface area contributed by atoms with Crippen LogP contribution in [0.15, 0.2) is 43.1 Å². The Labute approximate surface area is 113 Å². The summed E-state index contributed by atoms with van der Waals surface area (Å²) < 4.78 is 1.65. The Morgan fingerprint density at radius 2 is 1.75 bits per heavy atom. The normalized spacial score (nSPS) is 11.2. The van der Waals surface area contributed by atoms with Gasteiger partial charge in [-0.2, -0.15) is 9.78 Å². The Kier molecular flexibility index (Phi) is 2.13. The SMILES string of the molecule is Nc1ncnc2c1cnn2-c1ncnc2ccccc12. The van der Waals surface area contributed by atoms with E-state index >= 15 is 0 Å². The molecule has 0 spiro atoms. The molecule has 3 aromatic heterocycles. The van der Waals surface area contributed by atoms with Crippen molar-refractivity contribution >= 4 is 27.8 Å². The fraction of sp³-hybridized carbons (Fsp3) is 0. The van der Waals surface area contributed by atoms with Crippen molar-refractivity contribution in [3.63, 3.8) is 0 Å². The van der Waals surface area contributed by atoms with Crippen LogP contribution in [0.3, 0.4) is 0 Å². The number of rotatable bonds is 1. The number of nitrogen functional groups attached to an aromatic ring is 1. The number of para-hydroxylation sites is 1. The highest BCUT2D eigenvalue weighted by molar-refractivity contribution is 5.90. The summed E-state index contributed by atoms with van der Waals surface area (Å²) in [7, 11) is 0. The van der Waals surface area contributed by atoms with E-state index in [2.05, 4.69) is 25.0 Å². The molecular formula is C13H9N7. The molecule has 0 saturated carbocycles. The average Bonchev–Trinajstić information content (AvgIpc) is 2.92. The molecular weight excluding hydrogens is 254 g/mol. The Hall–Kier alpha value is -3.09. The standard InChI is InChI=1S/C13H9N7/c14-11-9-5-19-20(13(9)18-7-16-11)12-8-3-1-2-4-10(8)15-6-17-12/h1-7H,(H2,14,16,18). The summed E-state index contributed by atoms with van der Waals surface area (Å²) >= 11 is 0. The summed E-state index contributed by atoms with van der Waals surface area (Å²) in [5.41, 5.74) is 7.30. The van der Waals surface area contributed by atoms with E-state index in [0.29, 0.717) is 22.7 Å². The van der Waals surface area contributed by atoms with Gasteiger partial charge in [-0.25, -0.2) is 19.9 Å². The largest absolute Gasteiger partial charge is 0.383 e. The van der Waals surface area contributed by atoms with Crippen LogP contribution in [0.2, 0.25) is 0 Å². The highest BCUT2D eigenvalue weighted by atomic mass is 15.3. The van der Waals surface area contributed by atoms with Crippen LogP contribution in [0.25, 0.3) is 27.8 Å². The predicted octanol–water partition coefficient (Wildman–Crippen LogP) is 1.34. The van der Waals surface area contributed by atoms with Gasteiger partial charge in [0.25, 0.3) is 0 Å². The Morgan fingerprint density at radius 1 is 0.900 bits per heavy atom. The summed E-state index contributed by atoms with van der Waals surface area (Å²) in [6.07, 6.45) is 4.57.